The first-order valence-electron chi connectivity index (χ1n) is 11.5. The highest BCUT2D eigenvalue weighted by molar-refractivity contribution is 7.80. The summed E-state index contributed by atoms with van der Waals surface area (Å²) in [5.74, 6) is 0. The number of hydrogen-bond acceptors (Lipinski definition) is 0. The average Bonchev–Trinajstić information content (AvgIpc) is 2.90. The summed E-state index contributed by atoms with van der Waals surface area (Å²) in [7, 11) is -0.656. The molecule has 0 bridgehead atoms. The Balaban J connectivity index is 1.59. The van der Waals surface area contributed by atoms with Crippen LogP contribution in [-0.4, -0.2) is 0 Å². The number of aryl methyl sites for hydroxylation is 2. The van der Waals surface area contributed by atoms with Gasteiger partial charge < -0.3 is 0 Å². The highest BCUT2D eigenvalue weighted by Gasteiger charge is 2.20. The lowest BCUT2D eigenvalue weighted by Crippen LogP contribution is -2.22. The Morgan fingerprint density at radius 2 is 0.879 bits per heavy atom. The van der Waals surface area contributed by atoms with E-state index in [-0.39, 0.29) is 0 Å². The fourth-order valence-electron chi connectivity index (χ4n) is 4.40. The SMILES string of the molecule is c1ccc(CCc2ccccc2-c2ccccc2P(c2ccccc2)c2ccccc2)cc1. The molecule has 33 heavy (non-hydrogen) atoms. The lowest BCUT2D eigenvalue weighted by molar-refractivity contribution is 0.962. The molecule has 0 heterocycles. The van der Waals surface area contributed by atoms with Gasteiger partial charge in [0.1, 0.15) is 0 Å². The van der Waals surface area contributed by atoms with Crippen LogP contribution >= 0.6 is 7.92 Å². The molecule has 0 radical (unpaired) electrons. The van der Waals surface area contributed by atoms with Crippen LogP contribution in [0.3, 0.4) is 0 Å². The van der Waals surface area contributed by atoms with Crippen molar-refractivity contribution >= 4 is 23.8 Å². The second-order valence-corrected chi connectivity index (χ2v) is 10.4. The van der Waals surface area contributed by atoms with Crippen LogP contribution in [0.5, 0.6) is 0 Å². The van der Waals surface area contributed by atoms with Gasteiger partial charge in [0.2, 0.25) is 0 Å². The van der Waals surface area contributed by atoms with E-state index in [0.717, 1.165) is 12.8 Å². The zero-order chi connectivity index (χ0) is 22.3. The van der Waals surface area contributed by atoms with Gasteiger partial charge in [-0.3, -0.25) is 0 Å². The van der Waals surface area contributed by atoms with Crippen molar-refractivity contribution in [3.05, 3.63) is 151 Å². The highest BCUT2D eigenvalue weighted by Crippen LogP contribution is 2.38. The van der Waals surface area contributed by atoms with Gasteiger partial charge in [-0.05, 0) is 58.9 Å². The molecule has 0 saturated carbocycles. The molecule has 160 valence electrons. The van der Waals surface area contributed by atoms with Crippen molar-refractivity contribution in [1.29, 1.82) is 0 Å². The summed E-state index contributed by atoms with van der Waals surface area (Å²) >= 11 is 0. The van der Waals surface area contributed by atoms with Crippen LogP contribution in [0.4, 0.5) is 0 Å². The Morgan fingerprint density at radius 3 is 1.52 bits per heavy atom. The molecule has 0 aliphatic rings. The molecule has 0 aromatic heterocycles. The molecule has 5 rings (SSSR count). The normalized spacial score (nSPS) is 10.9. The van der Waals surface area contributed by atoms with E-state index in [1.54, 1.807) is 0 Å². The van der Waals surface area contributed by atoms with Gasteiger partial charge in [-0.25, -0.2) is 0 Å². The molecule has 0 unspecified atom stereocenters. The van der Waals surface area contributed by atoms with E-state index in [0.29, 0.717) is 0 Å². The van der Waals surface area contributed by atoms with E-state index in [1.165, 1.54) is 38.2 Å². The van der Waals surface area contributed by atoms with Crippen LogP contribution in [0.2, 0.25) is 0 Å². The molecule has 0 amide bonds. The summed E-state index contributed by atoms with van der Waals surface area (Å²) in [6, 6.07) is 50.6. The van der Waals surface area contributed by atoms with E-state index in [1.807, 2.05) is 0 Å². The third-order valence-electron chi connectivity index (χ3n) is 6.01. The minimum atomic E-state index is -0.656. The first kappa shape index (κ1) is 21.4. The molecule has 0 aliphatic carbocycles. The smallest absolute Gasteiger partial charge is 0.00725 e. The predicted molar refractivity (Wildman–Crippen MR) is 144 cm³/mol. The Bertz CT molecular complexity index is 1250. The second-order valence-electron chi connectivity index (χ2n) is 8.17. The van der Waals surface area contributed by atoms with Gasteiger partial charge >= 0.3 is 0 Å². The van der Waals surface area contributed by atoms with Gasteiger partial charge in [0.15, 0.2) is 0 Å². The third kappa shape index (κ3) is 4.98. The Kier molecular flexibility index (Phi) is 6.76. The van der Waals surface area contributed by atoms with Gasteiger partial charge in [-0.2, -0.15) is 0 Å². The summed E-state index contributed by atoms with van der Waals surface area (Å²) < 4.78 is 0. The van der Waals surface area contributed by atoms with Crippen molar-refractivity contribution in [3.63, 3.8) is 0 Å². The van der Waals surface area contributed by atoms with Crippen molar-refractivity contribution in [1.82, 2.24) is 0 Å². The van der Waals surface area contributed by atoms with Gasteiger partial charge in [-0.1, -0.05) is 140 Å². The predicted octanol–water partition coefficient (Wildman–Crippen LogP) is 6.90. The topological polar surface area (TPSA) is 0 Å². The van der Waals surface area contributed by atoms with Crippen molar-refractivity contribution < 1.29 is 0 Å². The van der Waals surface area contributed by atoms with E-state index in [4.69, 9.17) is 0 Å². The van der Waals surface area contributed by atoms with Crippen LogP contribution in [0, 0.1) is 0 Å². The zero-order valence-electron chi connectivity index (χ0n) is 18.6. The molecular weight excluding hydrogens is 415 g/mol. The summed E-state index contributed by atoms with van der Waals surface area (Å²) in [5.41, 5.74) is 5.49. The Morgan fingerprint density at radius 1 is 0.394 bits per heavy atom. The van der Waals surface area contributed by atoms with Crippen LogP contribution in [0.25, 0.3) is 11.1 Å². The van der Waals surface area contributed by atoms with Gasteiger partial charge in [0, 0.05) is 0 Å². The van der Waals surface area contributed by atoms with Gasteiger partial charge in [0.25, 0.3) is 0 Å². The average molecular weight is 443 g/mol. The fourth-order valence-corrected chi connectivity index (χ4v) is 6.87. The van der Waals surface area contributed by atoms with Crippen molar-refractivity contribution in [3.8, 4) is 11.1 Å². The molecule has 0 atom stereocenters. The molecule has 0 saturated heterocycles. The van der Waals surface area contributed by atoms with E-state index >= 15 is 0 Å². The maximum absolute atomic E-state index is 2.33. The monoisotopic (exact) mass is 442 g/mol. The summed E-state index contributed by atoms with van der Waals surface area (Å²) in [6.07, 6.45) is 2.08. The lowest BCUT2D eigenvalue weighted by atomic mass is 9.95. The van der Waals surface area contributed by atoms with Crippen LogP contribution in [0.1, 0.15) is 11.1 Å². The molecule has 0 N–H and O–H groups in total. The minimum Gasteiger partial charge on any atom is -0.0622 e. The molecule has 0 fully saturated rings. The zero-order valence-corrected chi connectivity index (χ0v) is 19.5. The molecule has 1 heteroatoms. The quantitative estimate of drug-likeness (QED) is 0.241. The standard InChI is InChI=1S/C32H27P/c1-4-14-26(15-5-1)24-25-27-16-10-11-21-30(27)31-22-12-13-23-32(31)33(28-17-6-2-7-18-28)29-19-8-3-9-20-29/h1-23H,24-25H2. The second kappa shape index (κ2) is 10.4. The molecule has 0 nitrogen and oxygen atoms in total. The number of benzene rings is 5. The van der Waals surface area contributed by atoms with E-state index in [2.05, 4.69) is 140 Å². The molecular formula is C32H27P. The number of hydrogen-bond donors (Lipinski definition) is 0. The molecule has 0 aliphatic heterocycles. The third-order valence-corrected chi connectivity index (χ3v) is 8.51. The largest absolute Gasteiger partial charge is 0.0622 e. The van der Waals surface area contributed by atoms with E-state index < -0.39 is 7.92 Å². The maximum Gasteiger partial charge on any atom is -0.00725 e. The molecule has 5 aromatic carbocycles. The van der Waals surface area contributed by atoms with E-state index in [9.17, 15) is 0 Å². The maximum atomic E-state index is 2.33. The van der Waals surface area contributed by atoms with Crippen molar-refractivity contribution in [2.45, 2.75) is 12.8 Å². The van der Waals surface area contributed by atoms with Crippen LogP contribution < -0.4 is 15.9 Å². The van der Waals surface area contributed by atoms with Gasteiger partial charge in [0.05, 0.1) is 0 Å². The Labute approximate surface area is 198 Å². The summed E-state index contributed by atoms with van der Waals surface area (Å²) in [6.45, 7) is 0. The first-order chi connectivity index (χ1) is 16.4. The highest BCUT2D eigenvalue weighted by atomic mass is 31.1. The van der Waals surface area contributed by atoms with Crippen LogP contribution in [-0.2, 0) is 12.8 Å². The first-order valence-corrected chi connectivity index (χ1v) is 12.9. The van der Waals surface area contributed by atoms with Crippen molar-refractivity contribution in [2.75, 3.05) is 0 Å². The lowest BCUT2D eigenvalue weighted by Gasteiger charge is -2.23. The molecule has 5 aromatic rings. The minimum absolute atomic E-state index is 0.656. The fraction of sp³-hybridized carbons (Fsp3) is 0.0625. The van der Waals surface area contributed by atoms with Crippen molar-refractivity contribution in [2.24, 2.45) is 0 Å². The number of rotatable bonds is 7. The van der Waals surface area contributed by atoms with Gasteiger partial charge in [-0.15, -0.1) is 0 Å². The summed E-state index contributed by atoms with van der Waals surface area (Å²) in [5, 5.41) is 4.18. The Hall–Kier alpha value is -3.47. The summed E-state index contributed by atoms with van der Waals surface area (Å²) in [4.78, 5) is 0. The molecule has 0 spiro atoms. The van der Waals surface area contributed by atoms with Crippen LogP contribution in [0.15, 0.2) is 140 Å².